The first-order valence-corrected chi connectivity index (χ1v) is 14.5. The summed E-state index contributed by atoms with van der Waals surface area (Å²) in [6.45, 7) is 7.57. The van der Waals surface area contributed by atoms with Gasteiger partial charge in [-0.05, 0) is 36.6 Å². The van der Waals surface area contributed by atoms with Gasteiger partial charge in [-0.15, -0.1) is 0 Å². The van der Waals surface area contributed by atoms with Crippen LogP contribution >= 0.6 is 0 Å². The maximum absolute atomic E-state index is 13.1. The Kier molecular flexibility index (Phi) is 10.8. The summed E-state index contributed by atoms with van der Waals surface area (Å²) in [5, 5.41) is 2.74. The average molecular weight is 520 g/mol. The third kappa shape index (κ3) is 8.19. The molecule has 0 unspecified atom stereocenters. The van der Waals surface area contributed by atoms with Crippen molar-refractivity contribution in [1.82, 2.24) is 13.9 Å². The Morgan fingerprint density at radius 1 is 1.12 bits per heavy atom. The molecule has 1 atom stereocenters. The molecule has 0 radical (unpaired) electrons. The van der Waals surface area contributed by atoms with Crippen molar-refractivity contribution in [3.05, 3.63) is 24.3 Å². The third-order valence-corrected chi connectivity index (χ3v) is 9.37. The van der Waals surface area contributed by atoms with E-state index in [1.54, 1.807) is 19.1 Å². The normalized spacial score (nSPS) is 16.5. The number of rotatable bonds is 13. The molecular weight excluding hydrogens is 482 g/mol. The van der Waals surface area contributed by atoms with Crippen molar-refractivity contribution in [2.75, 3.05) is 58.8 Å². The maximum Gasteiger partial charge on any atom is 0.243 e. The van der Waals surface area contributed by atoms with Crippen LogP contribution in [0.4, 0.5) is 0 Å². The van der Waals surface area contributed by atoms with Gasteiger partial charge in [-0.1, -0.05) is 20.8 Å². The molecule has 1 aromatic rings. The zero-order chi connectivity index (χ0) is 25.4. The highest BCUT2D eigenvalue weighted by molar-refractivity contribution is 7.89. The first-order valence-electron chi connectivity index (χ1n) is 11.4. The van der Waals surface area contributed by atoms with E-state index in [0.717, 1.165) is 0 Å². The molecule has 0 spiro atoms. The average Bonchev–Trinajstić information content (AvgIpc) is 2.80. The van der Waals surface area contributed by atoms with Crippen LogP contribution in [0.1, 0.15) is 27.2 Å². The summed E-state index contributed by atoms with van der Waals surface area (Å²) < 4.78 is 64.3. The lowest BCUT2D eigenvalue weighted by Crippen LogP contribution is -2.44. The molecule has 2 rings (SSSR count). The Bertz CT molecular complexity index is 990. The second-order valence-electron chi connectivity index (χ2n) is 8.77. The van der Waals surface area contributed by atoms with E-state index in [1.807, 2.05) is 13.8 Å². The van der Waals surface area contributed by atoms with Gasteiger partial charge in [-0.25, -0.2) is 16.8 Å². The lowest BCUT2D eigenvalue weighted by Gasteiger charge is -2.27. The van der Waals surface area contributed by atoms with Gasteiger partial charge in [0.25, 0.3) is 0 Å². The van der Waals surface area contributed by atoms with E-state index in [4.69, 9.17) is 9.47 Å². The minimum absolute atomic E-state index is 0.119. The van der Waals surface area contributed by atoms with E-state index < -0.39 is 26.0 Å². The second kappa shape index (κ2) is 12.8. The van der Waals surface area contributed by atoms with Crippen molar-refractivity contribution in [3.8, 4) is 5.75 Å². The standard InChI is InChI=1S/C22H37N3O7S2/c1-18(2)16-25(34(29,30)21-8-6-20(31-4)7-9-21)11-5-10-23-22(26)19(3)17-33(27,28)24-12-14-32-15-13-24/h6-9,18-19H,5,10-17H2,1-4H3,(H,23,26)/t19-/m1/s1. The number of carbonyl (C=O) groups excluding carboxylic acids is 1. The number of hydrogen-bond acceptors (Lipinski definition) is 7. The number of morpholine rings is 1. The predicted molar refractivity (Wildman–Crippen MR) is 130 cm³/mol. The lowest BCUT2D eigenvalue weighted by atomic mass is 10.2. The SMILES string of the molecule is COc1ccc(S(=O)(=O)N(CCCNC(=O)[C@H](C)CS(=O)(=O)N2CCOCC2)CC(C)C)cc1. The first kappa shape index (κ1) is 28.5. The fourth-order valence-electron chi connectivity index (χ4n) is 3.58. The van der Waals surface area contributed by atoms with Gasteiger partial charge in [0.05, 0.1) is 36.9 Å². The molecule has 1 aliphatic heterocycles. The quantitative estimate of drug-likeness (QED) is 0.388. The van der Waals surface area contributed by atoms with Crippen LogP contribution in [0.5, 0.6) is 5.75 Å². The summed E-state index contributed by atoms with van der Waals surface area (Å²) in [6.07, 6.45) is 0.400. The number of hydrogen-bond donors (Lipinski definition) is 1. The topological polar surface area (TPSA) is 122 Å². The van der Waals surface area contributed by atoms with Gasteiger partial charge in [0, 0.05) is 32.7 Å². The molecule has 10 nitrogen and oxygen atoms in total. The minimum atomic E-state index is -3.70. The zero-order valence-electron chi connectivity index (χ0n) is 20.4. The summed E-state index contributed by atoms with van der Waals surface area (Å²) in [7, 11) is -5.73. The van der Waals surface area contributed by atoms with Crippen LogP contribution in [-0.4, -0.2) is 90.2 Å². The molecule has 1 saturated heterocycles. The number of carbonyl (C=O) groups is 1. The number of sulfonamides is 2. The molecular formula is C22H37N3O7S2. The molecule has 34 heavy (non-hydrogen) atoms. The van der Waals surface area contributed by atoms with Gasteiger partial charge in [-0.2, -0.15) is 8.61 Å². The van der Waals surface area contributed by atoms with E-state index in [0.29, 0.717) is 45.0 Å². The van der Waals surface area contributed by atoms with Crippen molar-refractivity contribution in [3.63, 3.8) is 0 Å². The van der Waals surface area contributed by atoms with Crippen LogP contribution in [0.2, 0.25) is 0 Å². The molecule has 0 aliphatic carbocycles. The van der Waals surface area contributed by atoms with Crippen molar-refractivity contribution < 1.29 is 31.1 Å². The van der Waals surface area contributed by atoms with E-state index >= 15 is 0 Å². The Morgan fingerprint density at radius 2 is 1.74 bits per heavy atom. The third-order valence-electron chi connectivity index (χ3n) is 5.42. The smallest absolute Gasteiger partial charge is 0.243 e. The van der Waals surface area contributed by atoms with Crippen LogP contribution in [0, 0.1) is 11.8 Å². The number of methoxy groups -OCH3 is 1. The largest absolute Gasteiger partial charge is 0.497 e. The molecule has 1 N–H and O–H groups in total. The highest BCUT2D eigenvalue weighted by Gasteiger charge is 2.29. The minimum Gasteiger partial charge on any atom is -0.497 e. The van der Waals surface area contributed by atoms with Crippen LogP contribution < -0.4 is 10.1 Å². The van der Waals surface area contributed by atoms with Gasteiger partial charge < -0.3 is 14.8 Å². The number of nitrogens with one attached hydrogen (secondary N) is 1. The molecule has 1 fully saturated rings. The number of nitrogens with zero attached hydrogens (tertiary/aromatic N) is 2. The molecule has 194 valence electrons. The monoisotopic (exact) mass is 519 g/mol. The summed E-state index contributed by atoms with van der Waals surface area (Å²) in [5.41, 5.74) is 0. The molecule has 1 aliphatic rings. The fraction of sp³-hybridized carbons (Fsp3) is 0.682. The van der Waals surface area contributed by atoms with Gasteiger partial charge >= 0.3 is 0 Å². The highest BCUT2D eigenvalue weighted by atomic mass is 32.2. The van der Waals surface area contributed by atoms with Gasteiger partial charge in [0.1, 0.15) is 5.75 Å². The van der Waals surface area contributed by atoms with E-state index in [2.05, 4.69) is 5.32 Å². The van der Waals surface area contributed by atoms with E-state index in [-0.39, 0.29) is 35.6 Å². The highest BCUT2D eigenvalue weighted by Crippen LogP contribution is 2.20. The van der Waals surface area contributed by atoms with E-state index in [1.165, 1.54) is 27.9 Å². The predicted octanol–water partition coefficient (Wildman–Crippen LogP) is 1.15. The van der Waals surface area contributed by atoms with Gasteiger partial charge in [-0.3, -0.25) is 4.79 Å². The molecule has 1 aromatic carbocycles. The van der Waals surface area contributed by atoms with Crippen LogP contribution in [0.3, 0.4) is 0 Å². The fourth-order valence-corrected chi connectivity index (χ4v) is 6.92. The molecule has 12 heteroatoms. The molecule has 0 aromatic heterocycles. The number of benzene rings is 1. The first-order chi connectivity index (χ1) is 16.0. The Hall–Kier alpha value is -1.73. The second-order valence-corrected chi connectivity index (χ2v) is 12.7. The van der Waals surface area contributed by atoms with Crippen molar-refractivity contribution in [1.29, 1.82) is 0 Å². The van der Waals surface area contributed by atoms with Crippen molar-refractivity contribution in [2.45, 2.75) is 32.1 Å². The molecule has 1 amide bonds. The van der Waals surface area contributed by atoms with Crippen LogP contribution in [-0.2, 0) is 29.6 Å². The van der Waals surface area contributed by atoms with E-state index in [9.17, 15) is 21.6 Å². The van der Waals surface area contributed by atoms with Crippen LogP contribution in [0.25, 0.3) is 0 Å². The summed E-state index contributed by atoms with van der Waals surface area (Å²) in [5.74, 6) is -0.674. The molecule has 1 heterocycles. The lowest BCUT2D eigenvalue weighted by molar-refractivity contribution is -0.123. The van der Waals surface area contributed by atoms with Crippen molar-refractivity contribution in [2.24, 2.45) is 11.8 Å². The van der Waals surface area contributed by atoms with Crippen LogP contribution in [0.15, 0.2) is 29.2 Å². The van der Waals surface area contributed by atoms with Gasteiger partial charge in [0.2, 0.25) is 26.0 Å². The summed E-state index contributed by atoms with van der Waals surface area (Å²) >= 11 is 0. The van der Waals surface area contributed by atoms with Crippen molar-refractivity contribution >= 4 is 26.0 Å². The Morgan fingerprint density at radius 3 is 2.29 bits per heavy atom. The Balaban J connectivity index is 1.90. The van der Waals surface area contributed by atoms with Gasteiger partial charge in [0.15, 0.2) is 0 Å². The number of ether oxygens (including phenoxy) is 2. The number of amides is 1. The summed E-state index contributed by atoms with van der Waals surface area (Å²) in [6, 6.07) is 6.24. The molecule has 0 bridgehead atoms. The Labute approximate surface area is 203 Å². The molecule has 0 saturated carbocycles. The maximum atomic E-state index is 13.1. The summed E-state index contributed by atoms with van der Waals surface area (Å²) in [4.78, 5) is 12.6. The zero-order valence-corrected chi connectivity index (χ0v) is 22.0.